The molecule has 0 aromatic carbocycles. The molecule has 0 atom stereocenters. The fourth-order valence-electron chi connectivity index (χ4n) is 7.17. The predicted octanol–water partition coefficient (Wildman–Crippen LogP) is 7.56. The molecule has 464 valence electrons. The molecule has 20 nitrogen and oxygen atoms in total. The summed E-state index contributed by atoms with van der Waals surface area (Å²) in [6.45, 7) is 50.0. The average molecular weight is 1320 g/mol. The van der Waals surface area contributed by atoms with Gasteiger partial charge in [0.1, 0.15) is 0 Å². The molecule has 0 unspecified atom stereocenters. The van der Waals surface area contributed by atoms with E-state index in [4.69, 9.17) is 60.5 Å². The number of hydrogen-bond donors (Lipinski definition) is 0. The summed E-state index contributed by atoms with van der Waals surface area (Å²) in [7, 11) is -3.21. The number of rotatable bonds is 6. The molecule has 6 aromatic rings. The van der Waals surface area contributed by atoms with E-state index in [1.807, 2.05) is 69.1 Å². The smallest absolute Gasteiger partial charge is 0.839 e. The van der Waals surface area contributed by atoms with Gasteiger partial charge in [0, 0.05) is 32.5 Å². The molecule has 0 spiro atoms. The molecular weight excluding hydrogens is 1240 g/mol. The molecule has 0 radical (unpaired) electrons. The molecule has 0 saturated carbocycles. The minimum atomic E-state index is -5.74. The summed E-state index contributed by atoms with van der Waals surface area (Å²) in [6.07, 6.45) is -31.9. The van der Waals surface area contributed by atoms with E-state index >= 15 is 0 Å². The Labute approximate surface area is 507 Å². The van der Waals surface area contributed by atoms with Crippen molar-refractivity contribution in [1.29, 1.82) is 0 Å². The number of alkyl halides is 12. The maximum absolute atomic E-state index is 10.9. The second-order valence-electron chi connectivity index (χ2n) is 26.2. The second-order valence-corrected chi connectivity index (χ2v) is 26.2. The van der Waals surface area contributed by atoms with Gasteiger partial charge in [0.05, 0.1) is 47.2 Å². The molecule has 84 heavy (non-hydrogen) atoms. The van der Waals surface area contributed by atoms with Crippen molar-refractivity contribution in [3.63, 3.8) is 0 Å². The number of hydrogen-bond acceptors (Lipinski definition) is 14. The van der Waals surface area contributed by atoms with E-state index < -0.39 is 51.1 Å². The standard InChI is InChI=1S/2C21H37BN9.2C3HF6O.2Zn/c2*1-13-23-16(19(4,5)6)26-29(13)22(30-14(2)24-17(27-30)20(7,8)9)31-15(3)25-18(28-31)21(10,11)12;2*4-2(5,6)1(10)3(7,8)9;;/h2*22H,1-12H3;2*1H;;/q4*-1;2*+2. The zero-order chi connectivity index (χ0) is 64.2. The van der Waals surface area contributed by atoms with Crippen LogP contribution in [0.4, 0.5) is 52.7 Å². The molecule has 36 heteroatoms. The fraction of sp³-hybridized carbons (Fsp3) is 0.750. The Bertz CT molecular complexity index is 2590. The van der Waals surface area contributed by atoms with Gasteiger partial charge in [-0.1, -0.05) is 125 Å². The van der Waals surface area contributed by atoms with Crippen LogP contribution in [0.3, 0.4) is 0 Å². The quantitative estimate of drug-likeness (QED) is 0.116. The topological polar surface area (TPSA) is 230 Å². The molecule has 0 N–H and O–H groups in total. The van der Waals surface area contributed by atoms with E-state index in [0.29, 0.717) is 0 Å². The van der Waals surface area contributed by atoms with E-state index in [0.717, 1.165) is 69.9 Å². The first-order valence-electron chi connectivity index (χ1n) is 25.9. The zero-order valence-corrected chi connectivity index (χ0v) is 58.3. The Hall–Kier alpha value is -4.70. The van der Waals surface area contributed by atoms with Crippen molar-refractivity contribution in [2.45, 2.75) is 236 Å². The fourth-order valence-corrected chi connectivity index (χ4v) is 7.17. The molecular formula is C48H76B2F12N18O2Zn2. The summed E-state index contributed by atoms with van der Waals surface area (Å²) in [6, 6.07) is 0. The van der Waals surface area contributed by atoms with Crippen molar-refractivity contribution < 1.29 is 102 Å². The molecule has 6 rings (SSSR count). The zero-order valence-electron chi connectivity index (χ0n) is 52.4. The van der Waals surface area contributed by atoms with Crippen LogP contribution in [0.25, 0.3) is 0 Å². The summed E-state index contributed by atoms with van der Waals surface area (Å²) in [5, 5.41) is 48.2. The largest absolute Gasteiger partial charge is 2.00 e. The second kappa shape index (κ2) is 26.3. The minimum Gasteiger partial charge on any atom is -0.839 e. The summed E-state index contributed by atoms with van der Waals surface area (Å²) in [4.78, 5) is 28.6. The van der Waals surface area contributed by atoms with Crippen LogP contribution in [0.2, 0.25) is 0 Å². The van der Waals surface area contributed by atoms with E-state index in [2.05, 4.69) is 125 Å². The Morgan fingerprint density at radius 3 is 0.440 bits per heavy atom. The van der Waals surface area contributed by atoms with Gasteiger partial charge >= 0.3 is 77.9 Å². The van der Waals surface area contributed by atoms with Gasteiger partial charge in [-0.3, -0.25) is 0 Å². The van der Waals surface area contributed by atoms with Gasteiger partial charge in [-0.15, -0.1) is 0 Å². The van der Waals surface area contributed by atoms with E-state index in [9.17, 15) is 62.9 Å². The molecule has 0 amide bonds. The van der Waals surface area contributed by atoms with Crippen LogP contribution in [0.15, 0.2) is 0 Å². The third-order valence-electron chi connectivity index (χ3n) is 12.0. The normalized spacial score (nSPS) is 13.4. The van der Waals surface area contributed by atoms with E-state index in [1.54, 1.807) is 0 Å². The van der Waals surface area contributed by atoms with E-state index in [-0.39, 0.29) is 71.4 Å². The first-order valence-corrected chi connectivity index (χ1v) is 25.9. The molecule has 0 aliphatic rings. The number of nitrogens with zero attached hydrogens (tertiary/aromatic N) is 18. The van der Waals surface area contributed by atoms with Gasteiger partial charge in [0.15, 0.2) is 34.9 Å². The third-order valence-corrected chi connectivity index (χ3v) is 12.0. The van der Waals surface area contributed by atoms with Crippen molar-refractivity contribution in [3.8, 4) is 0 Å². The van der Waals surface area contributed by atoms with E-state index in [1.165, 1.54) is 0 Å². The van der Waals surface area contributed by atoms with Crippen LogP contribution in [0.1, 0.15) is 195 Å². The van der Waals surface area contributed by atoms with Crippen molar-refractivity contribution >= 4 is 14.2 Å². The van der Waals surface area contributed by atoms with Crippen LogP contribution in [-0.2, 0) is 71.4 Å². The maximum atomic E-state index is 10.9. The van der Waals surface area contributed by atoms with Gasteiger partial charge in [-0.05, 0) is 41.5 Å². The first kappa shape index (κ1) is 77.3. The number of halogens is 12. The molecule has 0 fully saturated rings. The monoisotopic (exact) mass is 1310 g/mol. The first-order chi connectivity index (χ1) is 36.3. The van der Waals surface area contributed by atoms with Crippen molar-refractivity contribution in [1.82, 2.24) is 88.1 Å². The Kier molecular flexibility index (Phi) is 24.2. The van der Waals surface area contributed by atoms with Gasteiger partial charge in [0.25, 0.3) is 0 Å². The average Bonchev–Trinajstić information content (AvgIpc) is 4.13. The Morgan fingerprint density at radius 1 is 0.274 bits per heavy atom. The van der Waals surface area contributed by atoms with Crippen LogP contribution in [-0.4, -0.2) is 139 Å². The van der Waals surface area contributed by atoms with Gasteiger partial charge in [0.2, 0.25) is 0 Å². The maximum Gasteiger partial charge on any atom is 2.00 e. The Balaban J connectivity index is 0.000000625. The predicted molar refractivity (Wildman–Crippen MR) is 279 cm³/mol. The summed E-state index contributed by atoms with van der Waals surface area (Å²) < 4.78 is 143. The molecule has 6 aromatic heterocycles. The van der Waals surface area contributed by atoms with Crippen LogP contribution < -0.4 is 10.2 Å². The Morgan fingerprint density at radius 2 is 0.381 bits per heavy atom. The van der Waals surface area contributed by atoms with Gasteiger partial charge < -0.3 is 37.8 Å². The van der Waals surface area contributed by atoms with Crippen molar-refractivity contribution in [2.24, 2.45) is 0 Å². The van der Waals surface area contributed by atoms with Gasteiger partial charge in [-0.25, -0.2) is 29.9 Å². The van der Waals surface area contributed by atoms with Crippen LogP contribution in [0.5, 0.6) is 0 Å². The molecule has 0 bridgehead atoms. The molecule has 0 saturated heterocycles. The van der Waals surface area contributed by atoms with Crippen LogP contribution in [0, 0.1) is 41.5 Å². The summed E-state index contributed by atoms with van der Waals surface area (Å²) in [5.74, 6) is 9.72. The van der Waals surface area contributed by atoms with Crippen molar-refractivity contribution in [2.75, 3.05) is 0 Å². The summed E-state index contributed by atoms with van der Waals surface area (Å²) in [5.41, 5.74) is -0.988. The minimum absolute atomic E-state index is 0. The molecule has 0 aliphatic heterocycles. The number of aromatic nitrogens is 18. The molecule has 0 aliphatic carbocycles. The van der Waals surface area contributed by atoms with Gasteiger partial charge in [-0.2, -0.15) is 83.3 Å². The van der Waals surface area contributed by atoms with Crippen LogP contribution >= 0.6 is 0 Å². The van der Waals surface area contributed by atoms with Crippen molar-refractivity contribution in [3.05, 3.63) is 69.9 Å². The molecule has 6 heterocycles. The SMILES string of the molecule is Cc1nc(C(C)(C)C)nn1[BH-](n1nc(C(C)(C)C)nc1C)n1nc(C(C)(C)C)nc1C.Cc1nc(C(C)(C)C)nn1[BH-](n1nc(C(C)(C)C)nc1C)n1nc(C(C)(C)C)nc1C.[O-]C(C(F)(F)F)C(F)(F)F.[O-]C(C(F)(F)F)C(F)(F)F.[Zn+2].[Zn+2]. The summed E-state index contributed by atoms with van der Waals surface area (Å²) >= 11 is 0. The third kappa shape index (κ3) is 19.7. The number of aryl methyl sites for hydroxylation is 6.